The molecule has 0 radical (unpaired) electrons. The third-order valence-electron chi connectivity index (χ3n) is 3.35. The van der Waals surface area contributed by atoms with Crippen molar-refractivity contribution in [3.63, 3.8) is 0 Å². The Morgan fingerprint density at radius 3 is 2.93 bits per heavy atom. The van der Waals surface area contributed by atoms with Gasteiger partial charge in [0.15, 0.2) is 0 Å². The van der Waals surface area contributed by atoms with Gasteiger partial charge in [-0.1, -0.05) is 20.3 Å². The summed E-state index contributed by atoms with van der Waals surface area (Å²) in [7, 11) is 1.98. The minimum atomic E-state index is 0.350. The van der Waals surface area contributed by atoms with Gasteiger partial charge in [0, 0.05) is 19.5 Å². The first-order valence-corrected chi connectivity index (χ1v) is 6.09. The van der Waals surface area contributed by atoms with Crippen molar-refractivity contribution in [3.8, 4) is 0 Å². The van der Waals surface area contributed by atoms with Crippen LogP contribution in [0.15, 0.2) is 0 Å². The van der Waals surface area contributed by atoms with Gasteiger partial charge in [0.05, 0.1) is 0 Å². The van der Waals surface area contributed by atoms with E-state index in [0.717, 1.165) is 38.9 Å². The minimum absolute atomic E-state index is 0.350. The van der Waals surface area contributed by atoms with Crippen LogP contribution in [-0.4, -0.2) is 37.5 Å². The highest BCUT2D eigenvalue weighted by molar-refractivity contribution is 5.76. The Morgan fingerprint density at radius 2 is 2.33 bits per heavy atom. The van der Waals surface area contributed by atoms with Crippen LogP contribution in [0.2, 0.25) is 0 Å². The van der Waals surface area contributed by atoms with Gasteiger partial charge < -0.3 is 10.2 Å². The molecule has 0 aliphatic carbocycles. The van der Waals surface area contributed by atoms with Gasteiger partial charge >= 0.3 is 0 Å². The van der Waals surface area contributed by atoms with E-state index in [2.05, 4.69) is 19.2 Å². The van der Waals surface area contributed by atoms with Crippen molar-refractivity contribution in [1.82, 2.24) is 10.2 Å². The fourth-order valence-corrected chi connectivity index (χ4v) is 2.09. The predicted molar refractivity (Wildman–Crippen MR) is 62.7 cm³/mol. The molecule has 1 N–H and O–H groups in total. The highest BCUT2D eigenvalue weighted by Crippen LogP contribution is 2.18. The average molecular weight is 212 g/mol. The first kappa shape index (κ1) is 12.5. The Labute approximate surface area is 93.2 Å². The van der Waals surface area contributed by atoms with Crippen molar-refractivity contribution in [2.24, 2.45) is 11.8 Å². The van der Waals surface area contributed by atoms with Crippen LogP contribution in [0.1, 0.15) is 33.1 Å². The summed E-state index contributed by atoms with van der Waals surface area (Å²) in [5.41, 5.74) is 0. The van der Waals surface area contributed by atoms with Gasteiger partial charge in [0.1, 0.15) is 0 Å². The van der Waals surface area contributed by atoms with Gasteiger partial charge in [0.25, 0.3) is 0 Å². The van der Waals surface area contributed by atoms with Gasteiger partial charge in [-0.2, -0.15) is 0 Å². The number of nitrogens with one attached hydrogen (secondary N) is 1. The lowest BCUT2D eigenvalue weighted by Gasteiger charge is -2.18. The number of hydrogen-bond acceptors (Lipinski definition) is 2. The van der Waals surface area contributed by atoms with Gasteiger partial charge in [-0.25, -0.2) is 0 Å². The monoisotopic (exact) mass is 212 g/mol. The lowest BCUT2D eigenvalue weighted by Crippen LogP contribution is -2.31. The zero-order chi connectivity index (χ0) is 11.3. The van der Waals surface area contributed by atoms with Gasteiger partial charge in [-0.15, -0.1) is 0 Å². The summed E-state index contributed by atoms with van der Waals surface area (Å²) in [5, 5.41) is 3.18. The molecule has 88 valence electrons. The summed E-state index contributed by atoms with van der Waals surface area (Å²) in [6.07, 6.45) is 2.98. The Bertz CT molecular complexity index is 206. The average Bonchev–Trinajstić information content (AvgIpc) is 2.67. The van der Waals surface area contributed by atoms with Crippen molar-refractivity contribution in [1.29, 1.82) is 0 Å². The number of rotatable bonds is 5. The zero-order valence-electron chi connectivity index (χ0n) is 10.3. The quantitative estimate of drug-likeness (QED) is 0.749. The minimum Gasteiger partial charge on any atom is -0.342 e. The van der Waals surface area contributed by atoms with E-state index in [1.165, 1.54) is 0 Å². The molecule has 15 heavy (non-hydrogen) atoms. The van der Waals surface area contributed by atoms with Crippen LogP contribution in [-0.2, 0) is 4.79 Å². The van der Waals surface area contributed by atoms with Gasteiger partial charge in [-0.05, 0) is 31.8 Å². The summed E-state index contributed by atoms with van der Waals surface area (Å²) in [5.74, 6) is 1.54. The summed E-state index contributed by atoms with van der Waals surface area (Å²) >= 11 is 0. The van der Waals surface area contributed by atoms with Crippen molar-refractivity contribution < 1.29 is 4.79 Å². The molecule has 1 aliphatic heterocycles. The van der Waals surface area contributed by atoms with Crippen LogP contribution in [0.5, 0.6) is 0 Å². The molecule has 0 aromatic heterocycles. The van der Waals surface area contributed by atoms with Crippen LogP contribution in [0.4, 0.5) is 0 Å². The lowest BCUT2D eigenvalue weighted by molar-refractivity contribution is -0.131. The van der Waals surface area contributed by atoms with E-state index in [0.29, 0.717) is 17.7 Å². The van der Waals surface area contributed by atoms with E-state index in [1.54, 1.807) is 0 Å². The molecule has 0 saturated carbocycles. The third kappa shape index (κ3) is 3.82. The SMILES string of the molecule is CCC(C)CC(=O)N1CCC(CNC)C1. The van der Waals surface area contributed by atoms with E-state index >= 15 is 0 Å². The maximum atomic E-state index is 11.9. The summed E-state index contributed by atoms with van der Waals surface area (Å²) in [6, 6.07) is 0. The molecule has 0 aromatic carbocycles. The second-order valence-corrected chi connectivity index (χ2v) is 4.77. The van der Waals surface area contributed by atoms with Crippen LogP contribution < -0.4 is 5.32 Å². The Hall–Kier alpha value is -0.570. The molecular weight excluding hydrogens is 188 g/mol. The fraction of sp³-hybridized carbons (Fsp3) is 0.917. The summed E-state index contributed by atoms with van der Waals surface area (Å²) in [4.78, 5) is 13.9. The van der Waals surface area contributed by atoms with E-state index in [1.807, 2.05) is 11.9 Å². The number of hydrogen-bond donors (Lipinski definition) is 1. The second-order valence-electron chi connectivity index (χ2n) is 4.77. The molecule has 3 nitrogen and oxygen atoms in total. The standard InChI is InChI=1S/C12H24N2O/c1-4-10(2)7-12(15)14-6-5-11(9-14)8-13-3/h10-11,13H,4-9H2,1-3H3. The molecule has 3 heteroatoms. The third-order valence-corrected chi connectivity index (χ3v) is 3.35. The van der Waals surface area contributed by atoms with E-state index in [-0.39, 0.29) is 0 Å². The van der Waals surface area contributed by atoms with E-state index in [9.17, 15) is 4.79 Å². The molecule has 1 fully saturated rings. The molecule has 1 aliphatic rings. The second kappa shape index (κ2) is 6.11. The molecule has 0 spiro atoms. The van der Waals surface area contributed by atoms with E-state index in [4.69, 9.17) is 0 Å². The van der Waals surface area contributed by atoms with Crippen LogP contribution in [0.3, 0.4) is 0 Å². The normalized spacial score (nSPS) is 23.1. The molecule has 0 bridgehead atoms. The largest absolute Gasteiger partial charge is 0.342 e. The molecular formula is C12H24N2O. The first-order valence-electron chi connectivity index (χ1n) is 6.09. The highest BCUT2D eigenvalue weighted by atomic mass is 16.2. The summed E-state index contributed by atoms with van der Waals surface area (Å²) in [6.45, 7) is 7.25. The Morgan fingerprint density at radius 1 is 1.60 bits per heavy atom. The Balaban J connectivity index is 2.30. The number of carbonyl (C=O) groups excluding carboxylic acids is 1. The molecule has 1 rings (SSSR count). The van der Waals surface area contributed by atoms with Crippen LogP contribution >= 0.6 is 0 Å². The van der Waals surface area contributed by atoms with Crippen LogP contribution in [0, 0.1) is 11.8 Å². The molecule has 0 aromatic rings. The number of nitrogens with zero attached hydrogens (tertiary/aromatic N) is 1. The fourth-order valence-electron chi connectivity index (χ4n) is 2.09. The highest BCUT2D eigenvalue weighted by Gasteiger charge is 2.25. The molecule has 2 unspecified atom stereocenters. The molecule has 1 amide bonds. The van der Waals surface area contributed by atoms with Crippen LogP contribution in [0.25, 0.3) is 0 Å². The van der Waals surface area contributed by atoms with E-state index < -0.39 is 0 Å². The summed E-state index contributed by atoms with van der Waals surface area (Å²) < 4.78 is 0. The molecule has 1 heterocycles. The maximum absolute atomic E-state index is 11.9. The molecule has 2 atom stereocenters. The Kier molecular flexibility index (Phi) is 5.09. The van der Waals surface area contributed by atoms with Crippen molar-refractivity contribution in [2.45, 2.75) is 33.1 Å². The number of amides is 1. The number of likely N-dealkylation sites (tertiary alicyclic amines) is 1. The van der Waals surface area contributed by atoms with Crippen molar-refractivity contribution in [2.75, 3.05) is 26.7 Å². The van der Waals surface area contributed by atoms with Gasteiger partial charge in [0.2, 0.25) is 5.91 Å². The topological polar surface area (TPSA) is 32.3 Å². The van der Waals surface area contributed by atoms with Crippen molar-refractivity contribution in [3.05, 3.63) is 0 Å². The van der Waals surface area contributed by atoms with Crippen molar-refractivity contribution >= 4 is 5.91 Å². The smallest absolute Gasteiger partial charge is 0.222 e. The number of carbonyl (C=O) groups is 1. The van der Waals surface area contributed by atoms with Gasteiger partial charge in [-0.3, -0.25) is 4.79 Å². The lowest BCUT2D eigenvalue weighted by atomic mass is 10.0. The zero-order valence-corrected chi connectivity index (χ0v) is 10.3. The first-order chi connectivity index (χ1) is 7.17. The maximum Gasteiger partial charge on any atom is 0.222 e. The molecule has 1 saturated heterocycles. The predicted octanol–water partition coefficient (Wildman–Crippen LogP) is 1.49.